The van der Waals surface area contributed by atoms with Crippen LogP contribution in [-0.4, -0.2) is 18.9 Å². The maximum absolute atomic E-state index is 12.8. The zero-order valence-corrected chi connectivity index (χ0v) is 12.7. The molecule has 1 rings (SSSR count). The van der Waals surface area contributed by atoms with Crippen LogP contribution in [0.2, 0.25) is 0 Å². The highest BCUT2D eigenvalue weighted by Crippen LogP contribution is 2.34. The molecule has 0 amide bonds. The minimum Gasteiger partial charge on any atom is -0.242 e. The molecule has 1 aromatic heterocycles. The molecule has 0 atom stereocenters. The average molecular weight is 361 g/mol. The van der Waals surface area contributed by atoms with Crippen LogP contribution in [0.25, 0.3) is 0 Å². The van der Waals surface area contributed by atoms with E-state index in [1.54, 1.807) is 0 Å². The van der Waals surface area contributed by atoms with E-state index in [1.807, 2.05) is 0 Å². The Kier molecular flexibility index (Phi) is 4.33. The summed E-state index contributed by atoms with van der Waals surface area (Å²) in [5.41, 5.74) is -2.21. The highest BCUT2D eigenvalue weighted by molar-refractivity contribution is 9.10. The SMILES string of the molecule is CC(C)(C)NS(=O)(=O)c1ncc(Br)cc1C(F)(F)F. The molecule has 0 aromatic carbocycles. The molecule has 0 saturated carbocycles. The summed E-state index contributed by atoms with van der Waals surface area (Å²) >= 11 is 2.84. The number of nitrogens with zero attached hydrogens (tertiary/aromatic N) is 1. The summed E-state index contributed by atoms with van der Waals surface area (Å²) in [5.74, 6) is 0. The lowest BCUT2D eigenvalue weighted by atomic mass is 10.1. The largest absolute Gasteiger partial charge is 0.419 e. The second kappa shape index (κ2) is 5.02. The van der Waals surface area contributed by atoms with Crippen LogP contribution in [0.15, 0.2) is 21.8 Å². The maximum Gasteiger partial charge on any atom is 0.419 e. The third-order valence-corrected chi connectivity index (χ3v) is 3.97. The lowest BCUT2D eigenvalue weighted by molar-refractivity contribution is -0.140. The Balaban J connectivity index is 3.44. The second-order valence-electron chi connectivity index (χ2n) is 4.86. The molecule has 0 spiro atoms. The minimum absolute atomic E-state index is 0.0505. The molecule has 0 fully saturated rings. The van der Waals surface area contributed by atoms with Gasteiger partial charge in [0.1, 0.15) is 0 Å². The number of halogens is 4. The van der Waals surface area contributed by atoms with Crippen LogP contribution < -0.4 is 4.72 Å². The number of aromatic nitrogens is 1. The Labute approximate surface area is 117 Å². The molecule has 108 valence electrons. The molecule has 0 radical (unpaired) electrons. The summed E-state index contributed by atoms with van der Waals surface area (Å²) in [6.45, 7) is 4.57. The topological polar surface area (TPSA) is 59.1 Å². The van der Waals surface area contributed by atoms with Gasteiger partial charge in [0.05, 0.1) is 5.56 Å². The summed E-state index contributed by atoms with van der Waals surface area (Å²) in [5, 5.41) is -1.03. The Hall–Kier alpha value is -0.670. The monoisotopic (exact) mass is 360 g/mol. The summed E-state index contributed by atoms with van der Waals surface area (Å²) in [4.78, 5) is 3.38. The van der Waals surface area contributed by atoms with E-state index < -0.39 is 32.3 Å². The van der Waals surface area contributed by atoms with E-state index >= 15 is 0 Å². The first-order valence-corrected chi connectivity index (χ1v) is 7.37. The molecule has 1 N–H and O–H groups in total. The summed E-state index contributed by atoms with van der Waals surface area (Å²) < 4.78 is 64.6. The van der Waals surface area contributed by atoms with Crippen LogP contribution in [0.3, 0.4) is 0 Å². The number of sulfonamides is 1. The molecule has 0 bridgehead atoms. The number of hydrogen-bond acceptors (Lipinski definition) is 3. The fourth-order valence-corrected chi connectivity index (χ4v) is 3.19. The molecule has 9 heteroatoms. The van der Waals surface area contributed by atoms with Crippen LogP contribution >= 0.6 is 15.9 Å². The van der Waals surface area contributed by atoms with Gasteiger partial charge in [0.25, 0.3) is 10.0 Å². The molecule has 1 aromatic rings. The molecule has 0 aliphatic carbocycles. The van der Waals surface area contributed by atoms with Gasteiger partial charge < -0.3 is 0 Å². The van der Waals surface area contributed by atoms with Crippen molar-refractivity contribution in [2.75, 3.05) is 0 Å². The molecular formula is C10H12BrF3N2O2S. The standard InChI is InChI=1S/C10H12BrF3N2O2S/c1-9(2,3)16-19(17,18)8-7(10(12,13)14)4-6(11)5-15-8/h4-5,16H,1-3H3. The number of hydrogen-bond donors (Lipinski definition) is 1. The van der Waals surface area contributed by atoms with Gasteiger partial charge in [-0.05, 0) is 42.8 Å². The predicted molar refractivity (Wildman–Crippen MR) is 67.0 cm³/mol. The van der Waals surface area contributed by atoms with Gasteiger partial charge in [-0.2, -0.15) is 13.2 Å². The Bertz CT molecular complexity index is 579. The van der Waals surface area contributed by atoms with Crippen molar-refractivity contribution in [1.82, 2.24) is 9.71 Å². The van der Waals surface area contributed by atoms with Crippen molar-refractivity contribution >= 4 is 26.0 Å². The molecule has 1 heterocycles. The lowest BCUT2D eigenvalue weighted by Crippen LogP contribution is -2.41. The number of nitrogens with one attached hydrogen (secondary N) is 1. The molecule has 0 aliphatic rings. The zero-order valence-electron chi connectivity index (χ0n) is 10.3. The van der Waals surface area contributed by atoms with E-state index in [2.05, 4.69) is 25.6 Å². The summed E-state index contributed by atoms with van der Waals surface area (Å²) in [6, 6.07) is 0.685. The zero-order chi connectivity index (χ0) is 15.1. The molecule has 0 saturated heterocycles. The summed E-state index contributed by atoms with van der Waals surface area (Å²) in [6.07, 6.45) is -3.80. The van der Waals surface area contributed by atoms with Crippen molar-refractivity contribution in [3.8, 4) is 0 Å². The highest BCUT2D eigenvalue weighted by Gasteiger charge is 2.39. The van der Waals surface area contributed by atoms with Gasteiger partial charge in [0.2, 0.25) is 0 Å². The molecular weight excluding hydrogens is 349 g/mol. The summed E-state index contributed by atoms with van der Waals surface area (Å²) in [7, 11) is -4.35. The van der Waals surface area contributed by atoms with E-state index in [9.17, 15) is 21.6 Å². The van der Waals surface area contributed by atoms with Crippen molar-refractivity contribution in [2.45, 2.75) is 37.5 Å². The maximum atomic E-state index is 12.8. The first-order chi connectivity index (χ1) is 8.33. The van der Waals surface area contributed by atoms with Gasteiger partial charge in [-0.1, -0.05) is 0 Å². The van der Waals surface area contributed by atoms with Crippen molar-refractivity contribution in [2.24, 2.45) is 0 Å². The third kappa shape index (κ3) is 4.43. The average Bonchev–Trinajstić information content (AvgIpc) is 2.11. The Morgan fingerprint density at radius 2 is 1.79 bits per heavy atom. The van der Waals surface area contributed by atoms with Gasteiger partial charge in [-0.15, -0.1) is 0 Å². The van der Waals surface area contributed by atoms with E-state index in [0.29, 0.717) is 6.07 Å². The van der Waals surface area contributed by atoms with Crippen LogP contribution in [0.4, 0.5) is 13.2 Å². The van der Waals surface area contributed by atoms with Crippen molar-refractivity contribution < 1.29 is 21.6 Å². The smallest absolute Gasteiger partial charge is 0.242 e. The molecule has 4 nitrogen and oxygen atoms in total. The first-order valence-electron chi connectivity index (χ1n) is 5.10. The highest BCUT2D eigenvalue weighted by atomic mass is 79.9. The van der Waals surface area contributed by atoms with Gasteiger partial charge in [0, 0.05) is 16.2 Å². The third-order valence-electron chi connectivity index (χ3n) is 1.82. The van der Waals surface area contributed by atoms with Crippen molar-refractivity contribution in [1.29, 1.82) is 0 Å². The van der Waals surface area contributed by atoms with Crippen LogP contribution in [0.1, 0.15) is 26.3 Å². The molecule has 0 aliphatic heterocycles. The first kappa shape index (κ1) is 16.4. The van der Waals surface area contributed by atoms with E-state index in [4.69, 9.17) is 0 Å². The van der Waals surface area contributed by atoms with Gasteiger partial charge in [0.15, 0.2) is 5.03 Å². The second-order valence-corrected chi connectivity index (χ2v) is 7.37. The van der Waals surface area contributed by atoms with Crippen molar-refractivity contribution in [3.05, 3.63) is 22.3 Å². The fraction of sp³-hybridized carbons (Fsp3) is 0.500. The normalized spacial score (nSPS) is 13.6. The van der Waals surface area contributed by atoms with Crippen LogP contribution in [0, 0.1) is 0 Å². The van der Waals surface area contributed by atoms with E-state index in [-0.39, 0.29) is 4.47 Å². The molecule has 19 heavy (non-hydrogen) atoms. The van der Waals surface area contributed by atoms with E-state index in [0.717, 1.165) is 6.20 Å². The lowest BCUT2D eigenvalue weighted by Gasteiger charge is -2.21. The van der Waals surface area contributed by atoms with Gasteiger partial charge in [-0.3, -0.25) is 0 Å². The van der Waals surface area contributed by atoms with Crippen LogP contribution in [0.5, 0.6) is 0 Å². The number of rotatable bonds is 2. The Morgan fingerprint density at radius 3 is 2.21 bits per heavy atom. The van der Waals surface area contributed by atoms with Gasteiger partial charge >= 0.3 is 6.18 Å². The number of pyridine rings is 1. The molecule has 0 unspecified atom stereocenters. The fourth-order valence-electron chi connectivity index (χ4n) is 1.30. The predicted octanol–water partition coefficient (Wildman–Crippen LogP) is 2.94. The quantitative estimate of drug-likeness (QED) is 0.881. The minimum atomic E-state index is -4.81. The van der Waals surface area contributed by atoms with E-state index in [1.165, 1.54) is 20.8 Å². The van der Waals surface area contributed by atoms with Crippen LogP contribution in [-0.2, 0) is 16.2 Å². The van der Waals surface area contributed by atoms with Gasteiger partial charge in [-0.25, -0.2) is 18.1 Å². The number of alkyl halides is 3. The Morgan fingerprint density at radius 1 is 1.26 bits per heavy atom. The van der Waals surface area contributed by atoms with Crippen molar-refractivity contribution in [3.63, 3.8) is 0 Å².